The van der Waals surface area contributed by atoms with Crippen LogP contribution in [0.2, 0.25) is 0 Å². The molecule has 2 N–H and O–H groups in total. The number of hydrogen-bond donors (Lipinski definition) is 2. The molecule has 2 aromatic rings. The second-order valence-electron chi connectivity index (χ2n) is 6.10. The summed E-state index contributed by atoms with van der Waals surface area (Å²) in [4.78, 5) is 28.5. The fraction of sp³-hybridized carbons (Fsp3) is 0.471. The van der Waals surface area contributed by atoms with Crippen molar-refractivity contribution in [2.45, 2.75) is 19.4 Å². The van der Waals surface area contributed by atoms with Gasteiger partial charge in [-0.1, -0.05) is 25.1 Å². The van der Waals surface area contributed by atoms with Crippen LogP contribution < -0.4 is 5.56 Å². The van der Waals surface area contributed by atoms with Gasteiger partial charge in [0.15, 0.2) is 5.69 Å². The second kappa shape index (κ2) is 7.11. The first-order valence-electron chi connectivity index (χ1n) is 8.27. The van der Waals surface area contributed by atoms with E-state index in [0.29, 0.717) is 30.4 Å². The van der Waals surface area contributed by atoms with Crippen molar-refractivity contribution in [3.63, 3.8) is 0 Å². The number of amides is 1. The molecule has 128 valence electrons. The third-order valence-electron chi connectivity index (χ3n) is 4.50. The van der Waals surface area contributed by atoms with Crippen LogP contribution in [0.4, 0.5) is 0 Å². The fourth-order valence-corrected chi connectivity index (χ4v) is 2.99. The maximum absolute atomic E-state index is 12.8. The number of piperazine rings is 1. The number of nitrogens with one attached hydrogen (secondary N) is 1. The minimum absolute atomic E-state index is 0.168. The Balaban J connectivity index is 1.75. The largest absolute Gasteiger partial charge is 0.392 e. The lowest BCUT2D eigenvalue weighted by Crippen LogP contribution is -2.50. The van der Waals surface area contributed by atoms with E-state index >= 15 is 0 Å². The normalized spacial score (nSPS) is 17.2. The molecule has 1 fully saturated rings. The first-order valence-corrected chi connectivity index (χ1v) is 8.27. The van der Waals surface area contributed by atoms with Crippen LogP contribution in [-0.2, 0) is 0 Å². The van der Waals surface area contributed by atoms with Gasteiger partial charge in [0.1, 0.15) is 0 Å². The van der Waals surface area contributed by atoms with Crippen LogP contribution in [0.3, 0.4) is 0 Å². The van der Waals surface area contributed by atoms with E-state index in [0.717, 1.165) is 19.5 Å². The van der Waals surface area contributed by atoms with Crippen molar-refractivity contribution in [1.29, 1.82) is 0 Å². The summed E-state index contributed by atoms with van der Waals surface area (Å²) in [6.07, 6.45) is 0.406. The zero-order valence-electron chi connectivity index (χ0n) is 13.7. The third kappa shape index (κ3) is 3.32. The van der Waals surface area contributed by atoms with Gasteiger partial charge in [0.05, 0.1) is 11.5 Å². The van der Waals surface area contributed by atoms with Crippen molar-refractivity contribution in [3.8, 4) is 0 Å². The van der Waals surface area contributed by atoms with Crippen molar-refractivity contribution in [2.75, 3.05) is 32.7 Å². The topological polar surface area (TPSA) is 89.5 Å². The molecule has 1 saturated heterocycles. The van der Waals surface area contributed by atoms with E-state index in [-0.39, 0.29) is 23.3 Å². The number of H-pyrrole nitrogens is 1. The molecule has 1 amide bonds. The minimum Gasteiger partial charge on any atom is -0.392 e. The molecule has 0 saturated carbocycles. The van der Waals surface area contributed by atoms with Crippen molar-refractivity contribution in [3.05, 3.63) is 40.3 Å². The number of benzene rings is 1. The van der Waals surface area contributed by atoms with Crippen LogP contribution >= 0.6 is 0 Å². The van der Waals surface area contributed by atoms with Gasteiger partial charge in [-0.3, -0.25) is 14.5 Å². The SMILES string of the molecule is CC[C@H](O)CN1CCN(C(=O)c2n[nH]c(=O)c3ccccc23)CC1. The number of hydrogen-bond acceptors (Lipinski definition) is 5. The Morgan fingerprint density at radius 1 is 1.25 bits per heavy atom. The lowest BCUT2D eigenvalue weighted by Gasteiger charge is -2.35. The Hall–Kier alpha value is -2.25. The summed E-state index contributed by atoms with van der Waals surface area (Å²) in [6.45, 7) is 5.22. The summed E-state index contributed by atoms with van der Waals surface area (Å²) in [5, 5.41) is 17.2. The summed E-state index contributed by atoms with van der Waals surface area (Å²) in [5.41, 5.74) is -0.00670. The highest BCUT2D eigenvalue weighted by molar-refractivity contribution is 6.04. The minimum atomic E-state index is -0.322. The predicted octanol–water partition coefficient (Wildman–Crippen LogP) is 0.452. The molecule has 1 aliphatic rings. The Bertz CT molecular complexity index is 781. The zero-order valence-corrected chi connectivity index (χ0v) is 13.7. The smallest absolute Gasteiger partial charge is 0.275 e. The summed E-state index contributed by atoms with van der Waals surface area (Å²) >= 11 is 0. The Kier molecular flexibility index (Phi) is 4.92. The van der Waals surface area contributed by atoms with E-state index < -0.39 is 0 Å². The number of aromatic nitrogens is 2. The maximum Gasteiger partial charge on any atom is 0.275 e. The Labute approximate surface area is 139 Å². The lowest BCUT2D eigenvalue weighted by molar-refractivity contribution is 0.0520. The average Bonchev–Trinajstić information content (AvgIpc) is 2.62. The molecular weight excluding hydrogens is 308 g/mol. The van der Waals surface area contributed by atoms with Crippen molar-refractivity contribution < 1.29 is 9.90 Å². The monoisotopic (exact) mass is 330 g/mol. The molecule has 24 heavy (non-hydrogen) atoms. The molecule has 1 aromatic heterocycles. The molecule has 2 heterocycles. The van der Waals surface area contributed by atoms with Gasteiger partial charge in [-0.25, -0.2) is 5.10 Å². The van der Waals surface area contributed by atoms with E-state index in [1.54, 1.807) is 29.2 Å². The molecule has 7 heteroatoms. The number of rotatable bonds is 4. The van der Waals surface area contributed by atoms with E-state index in [9.17, 15) is 14.7 Å². The Morgan fingerprint density at radius 2 is 1.92 bits per heavy atom. The second-order valence-corrected chi connectivity index (χ2v) is 6.10. The van der Waals surface area contributed by atoms with Gasteiger partial charge in [0.2, 0.25) is 0 Å². The standard InChI is InChI=1S/C17H22N4O3/c1-2-12(22)11-20-7-9-21(10-8-20)17(24)15-13-5-3-4-6-14(13)16(23)19-18-15/h3-6,12,22H,2,7-11H2,1H3,(H,19,23)/t12-/m0/s1. The summed E-state index contributed by atoms with van der Waals surface area (Å²) in [5.74, 6) is -0.168. The van der Waals surface area contributed by atoms with Crippen LogP contribution in [0.5, 0.6) is 0 Å². The van der Waals surface area contributed by atoms with E-state index in [4.69, 9.17) is 0 Å². The zero-order chi connectivity index (χ0) is 17.1. The highest BCUT2D eigenvalue weighted by Gasteiger charge is 2.25. The van der Waals surface area contributed by atoms with Gasteiger partial charge in [0.25, 0.3) is 11.5 Å². The molecule has 0 unspecified atom stereocenters. The fourth-order valence-electron chi connectivity index (χ4n) is 2.99. The van der Waals surface area contributed by atoms with Crippen molar-refractivity contribution >= 4 is 16.7 Å². The van der Waals surface area contributed by atoms with Gasteiger partial charge in [-0.2, -0.15) is 5.10 Å². The first-order chi connectivity index (χ1) is 11.6. The molecule has 1 aliphatic heterocycles. The van der Waals surface area contributed by atoms with Crippen LogP contribution in [0.25, 0.3) is 10.8 Å². The number of aromatic amines is 1. The number of β-amino-alcohol motifs (C(OH)–C–C–N with tert-alkyl or cyclic N) is 1. The number of fused-ring (bicyclic) bond motifs is 1. The van der Waals surface area contributed by atoms with E-state index in [1.807, 2.05) is 6.92 Å². The van der Waals surface area contributed by atoms with Gasteiger partial charge in [-0.15, -0.1) is 0 Å². The summed E-state index contributed by atoms with van der Waals surface area (Å²) < 4.78 is 0. The maximum atomic E-state index is 12.8. The van der Waals surface area contributed by atoms with Crippen LogP contribution in [0.15, 0.2) is 29.1 Å². The highest BCUT2D eigenvalue weighted by Crippen LogP contribution is 2.15. The number of aliphatic hydroxyl groups excluding tert-OH is 1. The van der Waals surface area contributed by atoms with Crippen molar-refractivity contribution in [1.82, 2.24) is 20.0 Å². The van der Waals surface area contributed by atoms with Gasteiger partial charge >= 0.3 is 0 Å². The molecule has 0 spiro atoms. The molecule has 0 bridgehead atoms. The average molecular weight is 330 g/mol. The molecule has 7 nitrogen and oxygen atoms in total. The molecule has 0 aliphatic carbocycles. The number of aliphatic hydroxyl groups is 1. The van der Waals surface area contributed by atoms with Gasteiger partial charge < -0.3 is 10.0 Å². The first kappa shape index (κ1) is 16.6. The summed E-state index contributed by atoms with van der Waals surface area (Å²) in [6, 6.07) is 7.00. The van der Waals surface area contributed by atoms with Crippen LogP contribution in [0.1, 0.15) is 23.8 Å². The number of carbonyl (C=O) groups excluding carboxylic acids is 1. The van der Waals surface area contributed by atoms with Gasteiger partial charge in [-0.05, 0) is 12.5 Å². The number of carbonyl (C=O) groups is 1. The third-order valence-corrected chi connectivity index (χ3v) is 4.50. The highest BCUT2D eigenvalue weighted by atomic mass is 16.3. The molecule has 3 rings (SSSR count). The van der Waals surface area contributed by atoms with Crippen molar-refractivity contribution in [2.24, 2.45) is 0 Å². The Morgan fingerprint density at radius 3 is 2.58 bits per heavy atom. The van der Waals surface area contributed by atoms with Gasteiger partial charge in [0, 0.05) is 38.1 Å². The molecule has 0 radical (unpaired) electrons. The lowest BCUT2D eigenvalue weighted by atomic mass is 10.1. The van der Waals surface area contributed by atoms with E-state index in [1.165, 1.54) is 0 Å². The molecular formula is C17H22N4O3. The van der Waals surface area contributed by atoms with Crippen LogP contribution in [-0.4, -0.2) is 69.8 Å². The molecule has 1 aromatic carbocycles. The number of nitrogens with zero attached hydrogens (tertiary/aromatic N) is 3. The molecule has 1 atom stereocenters. The quantitative estimate of drug-likeness (QED) is 0.850. The van der Waals surface area contributed by atoms with Crippen LogP contribution in [0, 0.1) is 0 Å². The van der Waals surface area contributed by atoms with E-state index in [2.05, 4.69) is 15.1 Å². The predicted molar refractivity (Wildman–Crippen MR) is 91.0 cm³/mol. The summed E-state index contributed by atoms with van der Waals surface area (Å²) in [7, 11) is 0.